The number of hydrogen-bond acceptors (Lipinski definition) is 2. The van der Waals surface area contributed by atoms with Gasteiger partial charge in [0.05, 0.1) is 0 Å². The van der Waals surface area contributed by atoms with E-state index in [1.807, 2.05) is 74.5 Å². The van der Waals surface area contributed by atoms with Gasteiger partial charge in [-0.2, -0.15) is 0 Å². The molecule has 0 spiro atoms. The molecule has 0 aliphatic heterocycles. The van der Waals surface area contributed by atoms with E-state index in [-0.39, 0.29) is 17.7 Å². The first-order valence-corrected chi connectivity index (χ1v) is 8.49. The molecule has 0 radical (unpaired) electrons. The number of nitrogens with one attached hydrogen (secondary N) is 2. The predicted molar refractivity (Wildman–Crippen MR) is 102 cm³/mol. The van der Waals surface area contributed by atoms with Crippen molar-refractivity contribution < 1.29 is 9.59 Å². The van der Waals surface area contributed by atoms with Crippen LogP contribution >= 0.6 is 0 Å². The van der Waals surface area contributed by atoms with Crippen molar-refractivity contribution in [3.8, 4) is 0 Å². The Hall–Kier alpha value is -2.88. The molecule has 0 aliphatic rings. The monoisotopic (exact) mass is 336 g/mol. The maximum Gasteiger partial charge on any atom is 0.247 e. The van der Waals surface area contributed by atoms with Crippen LogP contribution in [0.5, 0.6) is 0 Å². The third kappa shape index (κ3) is 5.92. The molecule has 2 amide bonds. The quantitative estimate of drug-likeness (QED) is 0.754. The van der Waals surface area contributed by atoms with Crippen LogP contribution in [0, 0.1) is 5.92 Å². The van der Waals surface area contributed by atoms with E-state index < -0.39 is 6.04 Å². The van der Waals surface area contributed by atoms with Crippen molar-refractivity contribution in [3.05, 3.63) is 72.3 Å². The van der Waals surface area contributed by atoms with Crippen molar-refractivity contribution in [1.29, 1.82) is 0 Å². The van der Waals surface area contributed by atoms with Gasteiger partial charge >= 0.3 is 0 Å². The fourth-order valence-corrected chi connectivity index (χ4v) is 2.38. The van der Waals surface area contributed by atoms with Gasteiger partial charge in [0.15, 0.2) is 0 Å². The third-order valence-electron chi connectivity index (χ3n) is 4.06. The first-order valence-electron chi connectivity index (χ1n) is 8.49. The smallest absolute Gasteiger partial charge is 0.247 e. The molecule has 25 heavy (non-hydrogen) atoms. The van der Waals surface area contributed by atoms with Gasteiger partial charge in [0.2, 0.25) is 11.8 Å². The second-order valence-electron chi connectivity index (χ2n) is 5.97. The van der Waals surface area contributed by atoms with Crippen LogP contribution in [0.1, 0.15) is 25.8 Å². The van der Waals surface area contributed by atoms with E-state index in [2.05, 4.69) is 10.6 Å². The van der Waals surface area contributed by atoms with Crippen LogP contribution in [0.15, 0.2) is 66.7 Å². The fraction of sp³-hybridized carbons (Fsp3) is 0.238. The lowest BCUT2D eigenvalue weighted by Crippen LogP contribution is -2.47. The van der Waals surface area contributed by atoms with Crippen LogP contribution in [-0.4, -0.2) is 17.9 Å². The van der Waals surface area contributed by atoms with Gasteiger partial charge in [-0.15, -0.1) is 0 Å². The van der Waals surface area contributed by atoms with Gasteiger partial charge < -0.3 is 10.6 Å². The molecule has 2 aromatic rings. The molecule has 2 atom stereocenters. The van der Waals surface area contributed by atoms with Crippen LogP contribution in [0.25, 0.3) is 6.08 Å². The molecule has 4 heteroatoms. The van der Waals surface area contributed by atoms with E-state index in [1.54, 1.807) is 6.08 Å². The zero-order valence-electron chi connectivity index (χ0n) is 14.6. The molecule has 0 aromatic heterocycles. The van der Waals surface area contributed by atoms with Crippen molar-refractivity contribution in [1.82, 2.24) is 5.32 Å². The second-order valence-corrected chi connectivity index (χ2v) is 5.97. The molecule has 0 fully saturated rings. The summed E-state index contributed by atoms with van der Waals surface area (Å²) in [4.78, 5) is 24.8. The van der Waals surface area contributed by atoms with Gasteiger partial charge in [0.25, 0.3) is 0 Å². The number of carbonyl (C=O) groups excluding carboxylic acids is 2. The number of rotatable bonds is 7. The number of anilines is 1. The molecule has 2 aromatic carbocycles. The summed E-state index contributed by atoms with van der Waals surface area (Å²) in [5.74, 6) is -0.461. The number of hydrogen-bond donors (Lipinski definition) is 2. The van der Waals surface area contributed by atoms with Gasteiger partial charge in [0, 0.05) is 11.8 Å². The molecular weight excluding hydrogens is 312 g/mol. The maximum atomic E-state index is 12.6. The van der Waals surface area contributed by atoms with E-state index in [1.165, 1.54) is 6.08 Å². The highest BCUT2D eigenvalue weighted by atomic mass is 16.2. The van der Waals surface area contributed by atoms with Crippen molar-refractivity contribution in [3.63, 3.8) is 0 Å². The summed E-state index contributed by atoms with van der Waals surface area (Å²) in [6.45, 7) is 3.95. The summed E-state index contributed by atoms with van der Waals surface area (Å²) in [5.41, 5.74) is 1.65. The summed E-state index contributed by atoms with van der Waals surface area (Å²) in [6, 6.07) is 18.2. The van der Waals surface area contributed by atoms with E-state index in [4.69, 9.17) is 0 Å². The molecule has 2 rings (SSSR count). The topological polar surface area (TPSA) is 58.2 Å². The molecule has 4 nitrogen and oxygen atoms in total. The Kier molecular flexibility index (Phi) is 6.96. The van der Waals surface area contributed by atoms with Gasteiger partial charge in [-0.1, -0.05) is 68.8 Å². The molecule has 2 N–H and O–H groups in total. The maximum absolute atomic E-state index is 12.6. The van der Waals surface area contributed by atoms with Crippen LogP contribution in [0.4, 0.5) is 5.69 Å². The van der Waals surface area contributed by atoms with Crippen molar-refractivity contribution >= 4 is 23.6 Å². The number of carbonyl (C=O) groups is 2. The van der Waals surface area contributed by atoms with Crippen LogP contribution in [-0.2, 0) is 9.59 Å². The standard InChI is InChI=1S/C21H24N2O2/c1-3-16(2)20(21(25)22-18-12-8-5-9-13-18)23-19(24)15-14-17-10-6-4-7-11-17/h4-16,20H,3H2,1-2H3,(H,22,25)(H,23,24)/t16-,20-/m0/s1. The molecule has 0 unspecified atom stereocenters. The zero-order chi connectivity index (χ0) is 18.1. The summed E-state index contributed by atoms with van der Waals surface area (Å²) in [7, 11) is 0. The lowest BCUT2D eigenvalue weighted by atomic mass is 9.98. The van der Waals surface area contributed by atoms with E-state index in [0.717, 1.165) is 17.7 Å². The first kappa shape index (κ1) is 18.5. The Morgan fingerprint density at radius 3 is 2.20 bits per heavy atom. The van der Waals surface area contributed by atoms with Crippen LogP contribution < -0.4 is 10.6 Å². The first-order chi connectivity index (χ1) is 12.1. The fourth-order valence-electron chi connectivity index (χ4n) is 2.38. The lowest BCUT2D eigenvalue weighted by molar-refractivity contribution is -0.125. The molecule has 0 heterocycles. The minimum Gasteiger partial charge on any atom is -0.340 e. The lowest BCUT2D eigenvalue weighted by Gasteiger charge is -2.23. The Balaban J connectivity index is 2.03. The van der Waals surface area contributed by atoms with E-state index >= 15 is 0 Å². The summed E-state index contributed by atoms with van der Waals surface area (Å²) in [5, 5.41) is 5.68. The largest absolute Gasteiger partial charge is 0.340 e. The minimum atomic E-state index is -0.585. The molecule has 0 saturated heterocycles. The van der Waals surface area contributed by atoms with Gasteiger partial charge in [-0.3, -0.25) is 9.59 Å². The van der Waals surface area contributed by atoms with Gasteiger partial charge in [-0.25, -0.2) is 0 Å². The van der Waals surface area contributed by atoms with Crippen molar-refractivity contribution in [2.45, 2.75) is 26.3 Å². The minimum absolute atomic E-state index is 0.0257. The average molecular weight is 336 g/mol. The van der Waals surface area contributed by atoms with Crippen molar-refractivity contribution in [2.75, 3.05) is 5.32 Å². The Morgan fingerprint density at radius 2 is 1.60 bits per heavy atom. The molecule has 0 aliphatic carbocycles. The summed E-state index contributed by atoms with van der Waals surface area (Å²) >= 11 is 0. The molecule has 0 bridgehead atoms. The van der Waals surface area contributed by atoms with Crippen LogP contribution in [0.3, 0.4) is 0 Å². The average Bonchev–Trinajstić information content (AvgIpc) is 2.65. The summed E-state index contributed by atoms with van der Waals surface area (Å²) < 4.78 is 0. The molecule has 0 saturated carbocycles. The Bertz CT molecular complexity index is 711. The van der Waals surface area contributed by atoms with E-state index in [0.29, 0.717) is 0 Å². The number of benzene rings is 2. The molecule has 130 valence electrons. The molecular formula is C21H24N2O2. The van der Waals surface area contributed by atoms with Crippen molar-refractivity contribution in [2.24, 2.45) is 5.92 Å². The Morgan fingerprint density at radius 1 is 1.00 bits per heavy atom. The highest BCUT2D eigenvalue weighted by Gasteiger charge is 2.25. The summed E-state index contributed by atoms with van der Waals surface area (Å²) in [6.07, 6.45) is 3.98. The highest BCUT2D eigenvalue weighted by molar-refractivity contribution is 6.00. The third-order valence-corrected chi connectivity index (χ3v) is 4.06. The number of amides is 2. The van der Waals surface area contributed by atoms with Gasteiger partial charge in [0.1, 0.15) is 6.04 Å². The Labute approximate surface area is 149 Å². The predicted octanol–water partition coefficient (Wildman–Crippen LogP) is 3.87. The SMILES string of the molecule is CC[C@H](C)[C@H](NC(=O)C=Cc1ccccc1)C(=O)Nc1ccccc1. The number of para-hydroxylation sites is 1. The highest BCUT2D eigenvalue weighted by Crippen LogP contribution is 2.12. The second kappa shape index (κ2) is 9.42. The zero-order valence-corrected chi connectivity index (χ0v) is 14.6. The normalized spacial score (nSPS) is 13.2. The van der Waals surface area contributed by atoms with Gasteiger partial charge in [-0.05, 0) is 29.7 Å². The van der Waals surface area contributed by atoms with E-state index in [9.17, 15) is 9.59 Å². The van der Waals surface area contributed by atoms with Crippen LogP contribution in [0.2, 0.25) is 0 Å².